The molecule has 0 fully saturated rings. The summed E-state index contributed by atoms with van der Waals surface area (Å²) in [5, 5.41) is 4.91. The molecule has 1 aromatic heterocycles. The van der Waals surface area contributed by atoms with E-state index in [1.165, 1.54) is 38.9 Å². The van der Waals surface area contributed by atoms with Crippen molar-refractivity contribution in [2.75, 3.05) is 6.54 Å². The number of aromatic amines is 1. The van der Waals surface area contributed by atoms with Crippen molar-refractivity contribution in [1.82, 2.24) is 10.3 Å². The number of allylic oxidation sites excluding steroid dienone is 1. The van der Waals surface area contributed by atoms with Gasteiger partial charge in [0.05, 0.1) is 0 Å². The Morgan fingerprint density at radius 3 is 2.54 bits per heavy atom. The van der Waals surface area contributed by atoms with Crippen molar-refractivity contribution < 1.29 is 0 Å². The van der Waals surface area contributed by atoms with E-state index < -0.39 is 0 Å². The maximum atomic E-state index is 3.56. The number of benzene rings is 2. The lowest BCUT2D eigenvalue weighted by Gasteiger charge is -2.06. The molecule has 0 unspecified atom stereocenters. The van der Waals surface area contributed by atoms with Crippen molar-refractivity contribution >= 4 is 17.0 Å². The molecule has 24 heavy (non-hydrogen) atoms. The molecule has 1 heterocycles. The highest BCUT2D eigenvalue weighted by Crippen LogP contribution is 2.21. The maximum Gasteiger partial charge on any atom is 0.0458 e. The van der Waals surface area contributed by atoms with Crippen LogP contribution >= 0.6 is 0 Å². The molecule has 0 bridgehead atoms. The summed E-state index contributed by atoms with van der Waals surface area (Å²) in [6, 6.07) is 17.3. The number of nitrogens with one attached hydrogen (secondary N) is 2. The van der Waals surface area contributed by atoms with E-state index in [1.54, 1.807) is 0 Å². The Kier molecular flexibility index (Phi) is 5.17. The largest absolute Gasteiger partial charge is 0.358 e. The molecule has 0 amide bonds. The van der Waals surface area contributed by atoms with Crippen LogP contribution in [0.4, 0.5) is 0 Å². The maximum absolute atomic E-state index is 3.56. The molecule has 0 saturated heterocycles. The lowest BCUT2D eigenvalue weighted by molar-refractivity contribution is 0.687. The third-order valence-electron chi connectivity index (χ3n) is 4.34. The molecule has 0 aliphatic heterocycles. The number of aromatic nitrogens is 1. The van der Waals surface area contributed by atoms with E-state index in [2.05, 4.69) is 85.7 Å². The summed E-state index contributed by atoms with van der Waals surface area (Å²) in [6.45, 7) is 8.32. The van der Waals surface area contributed by atoms with Gasteiger partial charge in [-0.05, 0) is 56.5 Å². The van der Waals surface area contributed by atoms with Crippen molar-refractivity contribution in [3.05, 3.63) is 76.5 Å². The first kappa shape index (κ1) is 16.5. The van der Waals surface area contributed by atoms with Gasteiger partial charge in [0, 0.05) is 23.1 Å². The quantitative estimate of drug-likeness (QED) is 0.598. The number of para-hydroxylation sites is 1. The van der Waals surface area contributed by atoms with E-state index in [4.69, 9.17) is 0 Å². The minimum Gasteiger partial charge on any atom is -0.358 e. The first-order valence-electron chi connectivity index (χ1n) is 8.64. The molecule has 3 rings (SSSR count). The first-order chi connectivity index (χ1) is 11.6. The molecule has 3 aromatic rings. The number of rotatable bonds is 6. The molecule has 0 aliphatic rings. The molecule has 0 aliphatic carbocycles. The second kappa shape index (κ2) is 7.50. The Balaban J connectivity index is 1.55. The zero-order valence-corrected chi connectivity index (χ0v) is 14.8. The van der Waals surface area contributed by atoms with Crippen molar-refractivity contribution in [3.8, 4) is 0 Å². The number of hydrogen-bond donors (Lipinski definition) is 2. The number of H-pyrrole nitrogens is 1. The molecule has 124 valence electrons. The van der Waals surface area contributed by atoms with Crippen molar-refractivity contribution in [3.63, 3.8) is 0 Å². The van der Waals surface area contributed by atoms with Gasteiger partial charge in [0.2, 0.25) is 0 Å². The van der Waals surface area contributed by atoms with Gasteiger partial charge < -0.3 is 10.3 Å². The molecule has 0 saturated carbocycles. The molecule has 2 aromatic carbocycles. The van der Waals surface area contributed by atoms with E-state index >= 15 is 0 Å². The summed E-state index contributed by atoms with van der Waals surface area (Å²) < 4.78 is 0. The molecule has 2 N–H and O–H groups in total. The zero-order valence-electron chi connectivity index (χ0n) is 14.8. The van der Waals surface area contributed by atoms with Crippen LogP contribution in [-0.4, -0.2) is 11.5 Å². The predicted octanol–water partition coefficient (Wildman–Crippen LogP) is 5.23. The minimum atomic E-state index is 0.913. The van der Waals surface area contributed by atoms with Gasteiger partial charge in [0.1, 0.15) is 0 Å². The average Bonchev–Trinajstić information content (AvgIpc) is 2.88. The predicted molar refractivity (Wildman–Crippen MR) is 104 cm³/mol. The summed E-state index contributed by atoms with van der Waals surface area (Å²) in [6.07, 6.45) is 3.25. The van der Waals surface area contributed by atoms with Gasteiger partial charge in [-0.15, -0.1) is 0 Å². The van der Waals surface area contributed by atoms with Gasteiger partial charge in [0.25, 0.3) is 0 Å². The van der Waals surface area contributed by atoms with Crippen LogP contribution < -0.4 is 5.32 Å². The van der Waals surface area contributed by atoms with Crippen molar-refractivity contribution in [2.24, 2.45) is 0 Å². The fourth-order valence-electron chi connectivity index (χ4n) is 3.17. The second-order valence-electron chi connectivity index (χ2n) is 6.66. The van der Waals surface area contributed by atoms with Crippen LogP contribution in [0.1, 0.15) is 36.2 Å². The normalized spacial score (nSPS) is 11.0. The molecule has 2 heteroatoms. The highest BCUT2D eigenvalue weighted by atomic mass is 14.8. The van der Waals surface area contributed by atoms with Crippen LogP contribution in [0.5, 0.6) is 0 Å². The molecule has 0 spiro atoms. The lowest BCUT2D eigenvalue weighted by atomic mass is 10.1. The van der Waals surface area contributed by atoms with Gasteiger partial charge in [-0.1, -0.05) is 54.1 Å². The number of hydrogen-bond acceptors (Lipinski definition) is 1. The Morgan fingerprint density at radius 2 is 1.79 bits per heavy atom. The summed E-state index contributed by atoms with van der Waals surface area (Å²) in [4.78, 5) is 3.47. The van der Waals surface area contributed by atoms with Crippen molar-refractivity contribution in [2.45, 2.75) is 33.7 Å². The van der Waals surface area contributed by atoms with Crippen molar-refractivity contribution in [1.29, 1.82) is 0 Å². The zero-order chi connectivity index (χ0) is 16.9. The van der Waals surface area contributed by atoms with Crippen LogP contribution in [0.2, 0.25) is 0 Å². The smallest absolute Gasteiger partial charge is 0.0458 e. The van der Waals surface area contributed by atoms with E-state index in [0.29, 0.717) is 0 Å². The summed E-state index contributed by atoms with van der Waals surface area (Å²) in [5.74, 6) is 0. The summed E-state index contributed by atoms with van der Waals surface area (Å²) >= 11 is 0. The first-order valence-corrected chi connectivity index (χ1v) is 8.64. The standard InChI is InChI=1S/C22H26N2/c1-16(2)14-18-8-10-19(11-9-18)15-23-13-12-20-17(3)24-22-7-5-4-6-21(20)22/h4-11,14,23-24H,12-13,15H2,1-3H3. The molecule has 0 atom stereocenters. The fraction of sp³-hybridized carbons (Fsp3) is 0.273. The van der Waals surface area contributed by atoms with Crippen LogP contribution in [0.3, 0.4) is 0 Å². The Morgan fingerprint density at radius 1 is 1.04 bits per heavy atom. The molecule has 2 nitrogen and oxygen atoms in total. The van der Waals surface area contributed by atoms with Gasteiger partial charge >= 0.3 is 0 Å². The van der Waals surface area contributed by atoms with Gasteiger partial charge in [-0.2, -0.15) is 0 Å². The Labute approximate surface area is 144 Å². The van der Waals surface area contributed by atoms with E-state index in [9.17, 15) is 0 Å². The van der Waals surface area contributed by atoms with Crippen LogP contribution in [-0.2, 0) is 13.0 Å². The third kappa shape index (κ3) is 3.95. The summed E-state index contributed by atoms with van der Waals surface area (Å²) in [7, 11) is 0. The monoisotopic (exact) mass is 318 g/mol. The number of fused-ring (bicyclic) bond motifs is 1. The SMILES string of the molecule is CC(C)=Cc1ccc(CNCCc2c(C)[nH]c3ccccc23)cc1. The average molecular weight is 318 g/mol. The van der Waals surface area contributed by atoms with E-state index in [0.717, 1.165) is 19.5 Å². The van der Waals surface area contributed by atoms with Gasteiger partial charge in [0.15, 0.2) is 0 Å². The molecular formula is C22H26N2. The summed E-state index contributed by atoms with van der Waals surface area (Å²) in [5.41, 5.74) is 7.88. The highest BCUT2D eigenvalue weighted by Gasteiger charge is 2.07. The molecular weight excluding hydrogens is 292 g/mol. The van der Waals surface area contributed by atoms with Crippen LogP contribution in [0.15, 0.2) is 54.1 Å². The number of aryl methyl sites for hydroxylation is 1. The molecule has 0 radical (unpaired) electrons. The van der Waals surface area contributed by atoms with E-state index in [1.807, 2.05) is 0 Å². The Bertz CT molecular complexity index is 834. The van der Waals surface area contributed by atoms with Gasteiger partial charge in [-0.3, -0.25) is 0 Å². The topological polar surface area (TPSA) is 27.8 Å². The van der Waals surface area contributed by atoms with Crippen LogP contribution in [0, 0.1) is 6.92 Å². The fourth-order valence-corrected chi connectivity index (χ4v) is 3.17. The van der Waals surface area contributed by atoms with Gasteiger partial charge in [-0.25, -0.2) is 0 Å². The highest BCUT2D eigenvalue weighted by molar-refractivity contribution is 5.84. The Hall–Kier alpha value is -2.32. The van der Waals surface area contributed by atoms with E-state index in [-0.39, 0.29) is 0 Å². The van der Waals surface area contributed by atoms with Crippen LogP contribution in [0.25, 0.3) is 17.0 Å². The third-order valence-corrected chi connectivity index (χ3v) is 4.34. The lowest BCUT2D eigenvalue weighted by Crippen LogP contribution is -2.16. The minimum absolute atomic E-state index is 0.913. The second-order valence-corrected chi connectivity index (χ2v) is 6.66.